The maximum absolute atomic E-state index is 12.3. The fourth-order valence-electron chi connectivity index (χ4n) is 2.31. The van der Waals surface area contributed by atoms with Crippen molar-refractivity contribution in [3.63, 3.8) is 0 Å². The molecule has 3 aromatic rings. The summed E-state index contributed by atoms with van der Waals surface area (Å²) in [7, 11) is 0. The van der Waals surface area contributed by atoms with Crippen LogP contribution >= 0.6 is 38.6 Å². The first-order chi connectivity index (χ1) is 12.2. The van der Waals surface area contributed by atoms with Crippen LogP contribution in [0.4, 0.5) is 0 Å². The first kappa shape index (κ1) is 16.6. The number of thiophene rings is 1. The molecule has 3 heterocycles. The normalized spacial score (nSPS) is 12.8. The first-order valence-corrected chi connectivity index (χ1v) is 10.0. The standard InChI is InChI=1S/C17H12BrNO4S2/c18-11-7-14-13(21-3-4-22-14)6-10(11)8-23-17(20)12-9-25-16(19-12)15-2-1-5-24-15/h1-2,5-7,9H,3-4,8H2. The number of carbonyl (C=O) groups excluding carboxylic acids is 1. The number of ether oxygens (including phenoxy) is 3. The molecule has 25 heavy (non-hydrogen) atoms. The minimum atomic E-state index is -0.444. The summed E-state index contributed by atoms with van der Waals surface area (Å²) >= 11 is 6.49. The Kier molecular flexibility index (Phi) is 4.74. The van der Waals surface area contributed by atoms with Gasteiger partial charge in [0.15, 0.2) is 17.2 Å². The van der Waals surface area contributed by atoms with Crippen molar-refractivity contribution >= 4 is 44.6 Å². The molecule has 0 bridgehead atoms. The van der Waals surface area contributed by atoms with Gasteiger partial charge in [0.05, 0.1) is 4.88 Å². The molecule has 4 rings (SSSR count). The van der Waals surface area contributed by atoms with Crippen molar-refractivity contribution in [3.8, 4) is 21.4 Å². The summed E-state index contributed by atoms with van der Waals surface area (Å²) < 4.78 is 17.3. The van der Waals surface area contributed by atoms with Crippen LogP contribution in [0, 0.1) is 0 Å². The highest BCUT2D eigenvalue weighted by atomic mass is 79.9. The maximum atomic E-state index is 12.3. The molecule has 0 aliphatic carbocycles. The predicted octanol–water partition coefficient (Wildman–Crippen LogP) is 4.76. The molecule has 5 nitrogen and oxygen atoms in total. The van der Waals surface area contributed by atoms with Gasteiger partial charge in [-0.1, -0.05) is 22.0 Å². The molecule has 2 aromatic heterocycles. The van der Waals surface area contributed by atoms with Crippen LogP contribution in [0.25, 0.3) is 9.88 Å². The Labute approximate surface area is 160 Å². The van der Waals surface area contributed by atoms with E-state index in [1.54, 1.807) is 16.7 Å². The molecule has 1 aromatic carbocycles. The molecule has 0 atom stereocenters. The van der Waals surface area contributed by atoms with Crippen LogP contribution in [0.2, 0.25) is 0 Å². The van der Waals surface area contributed by atoms with Crippen molar-refractivity contribution in [1.29, 1.82) is 0 Å². The number of hydrogen-bond acceptors (Lipinski definition) is 7. The first-order valence-electron chi connectivity index (χ1n) is 7.45. The summed E-state index contributed by atoms with van der Waals surface area (Å²) in [6.07, 6.45) is 0. The van der Waals surface area contributed by atoms with Crippen LogP contribution < -0.4 is 9.47 Å². The molecular formula is C17H12BrNO4S2. The van der Waals surface area contributed by atoms with Gasteiger partial charge in [-0.3, -0.25) is 0 Å². The number of benzene rings is 1. The second-order valence-corrected chi connectivity index (χ2v) is 7.84. The molecule has 128 valence electrons. The van der Waals surface area contributed by atoms with Crippen molar-refractivity contribution < 1.29 is 19.0 Å². The molecule has 1 aliphatic rings. The Morgan fingerprint density at radius 1 is 1.24 bits per heavy atom. The van der Waals surface area contributed by atoms with Gasteiger partial charge in [0, 0.05) is 15.4 Å². The summed E-state index contributed by atoms with van der Waals surface area (Å²) in [5.74, 6) is 0.906. The van der Waals surface area contributed by atoms with Gasteiger partial charge in [0.2, 0.25) is 0 Å². The molecule has 0 radical (unpaired) electrons. The van der Waals surface area contributed by atoms with Crippen molar-refractivity contribution in [2.75, 3.05) is 13.2 Å². The summed E-state index contributed by atoms with van der Waals surface area (Å²) in [6, 6.07) is 7.59. The second-order valence-electron chi connectivity index (χ2n) is 5.18. The number of rotatable bonds is 4. The molecular weight excluding hydrogens is 426 g/mol. The van der Waals surface area contributed by atoms with Gasteiger partial charge in [0.1, 0.15) is 24.8 Å². The van der Waals surface area contributed by atoms with Gasteiger partial charge in [-0.15, -0.1) is 22.7 Å². The van der Waals surface area contributed by atoms with E-state index >= 15 is 0 Å². The third-order valence-electron chi connectivity index (χ3n) is 3.52. The van der Waals surface area contributed by atoms with E-state index in [4.69, 9.17) is 14.2 Å². The van der Waals surface area contributed by atoms with Crippen LogP contribution in [0.5, 0.6) is 11.5 Å². The number of carbonyl (C=O) groups is 1. The summed E-state index contributed by atoms with van der Waals surface area (Å²) in [5, 5.41) is 4.52. The van der Waals surface area contributed by atoms with E-state index in [9.17, 15) is 4.79 Å². The molecule has 0 N–H and O–H groups in total. The molecule has 0 unspecified atom stereocenters. The minimum absolute atomic E-state index is 0.127. The Morgan fingerprint density at radius 2 is 2.04 bits per heavy atom. The average Bonchev–Trinajstić information content (AvgIpc) is 3.30. The number of aromatic nitrogens is 1. The van der Waals surface area contributed by atoms with E-state index in [1.165, 1.54) is 11.3 Å². The van der Waals surface area contributed by atoms with E-state index in [0.29, 0.717) is 30.4 Å². The Hall–Kier alpha value is -1.90. The van der Waals surface area contributed by atoms with Gasteiger partial charge in [0.25, 0.3) is 0 Å². The molecule has 0 amide bonds. The monoisotopic (exact) mass is 437 g/mol. The van der Waals surface area contributed by atoms with Gasteiger partial charge in [-0.05, 0) is 23.6 Å². The summed E-state index contributed by atoms with van der Waals surface area (Å²) in [6.45, 7) is 1.17. The third-order valence-corrected chi connectivity index (χ3v) is 6.13. The quantitative estimate of drug-likeness (QED) is 0.550. The van der Waals surface area contributed by atoms with Crippen LogP contribution in [0.3, 0.4) is 0 Å². The number of halogens is 1. The summed E-state index contributed by atoms with van der Waals surface area (Å²) in [4.78, 5) is 17.7. The van der Waals surface area contributed by atoms with E-state index in [2.05, 4.69) is 20.9 Å². The van der Waals surface area contributed by atoms with Crippen LogP contribution in [0.15, 0.2) is 39.5 Å². The lowest BCUT2D eigenvalue weighted by Gasteiger charge is -2.19. The zero-order chi connectivity index (χ0) is 17.2. The zero-order valence-corrected chi connectivity index (χ0v) is 16.1. The lowest BCUT2D eigenvalue weighted by molar-refractivity contribution is 0.0465. The van der Waals surface area contributed by atoms with E-state index in [0.717, 1.165) is 19.9 Å². The smallest absolute Gasteiger partial charge is 0.358 e. The van der Waals surface area contributed by atoms with Gasteiger partial charge in [-0.25, -0.2) is 9.78 Å². The fraction of sp³-hybridized carbons (Fsp3) is 0.176. The van der Waals surface area contributed by atoms with Crippen LogP contribution in [0.1, 0.15) is 16.1 Å². The molecule has 0 saturated carbocycles. The number of hydrogen-bond donors (Lipinski definition) is 0. The van der Waals surface area contributed by atoms with Crippen molar-refractivity contribution in [2.45, 2.75) is 6.61 Å². The SMILES string of the molecule is O=C(OCc1cc2c(cc1Br)OCCO2)c1csc(-c2cccs2)n1. The Balaban J connectivity index is 1.45. The van der Waals surface area contributed by atoms with Gasteiger partial charge < -0.3 is 14.2 Å². The molecule has 1 aliphatic heterocycles. The topological polar surface area (TPSA) is 57.7 Å². The average molecular weight is 438 g/mol. The van der Waals surface area contributed by atoms with E-state index in [-0.39, 0.29) is 6.61 Å². The Bertz CT molecular complexity index is 908. The van der Waals surface area contributed by atoms with E-state index in [1.807, 2.05) is 29.6 Å². The third kappa shape index (κ3) is 3.56. The number of thiazole rings is 1. The second kappa shape index (κ2) is 7.15. The highest BCUT2D eigenvalue weighted by molar-refractivity contribution is 9.10. The highest BCUT2D eigenvalue weighted by Gasteiger charge is 2.18. The lowest BCUT2D eigenvalue weighted by atomic mass is 10.2. The van der Waals surface area contributed by atoms with Crippen LogP contribution in [-0.2, 0) is 11.3 Å². The molecule has 0 fully saturated rings. The highest BCUT2D eigenvalue weighted by Crippen LogP contribution is 2.36. The van der Waals surface area contributed by atoms with Crippen molar-refractivity contribution in [2.24, 2.45) is 0 Å². The summed E-state index contributed by atoms with van der Waals surface area (Å²) in [5.41, 5.74) is 1.13. The van der Waals surface area contributed by atoms with Crippen molar-refractivity contribution in [1.82, 2.24) is 4.98 Å². The fourth-order valence-corrected chi connectivity index (χ4v) is 4.36. The maximum Gasteiger partial charge on any atom is 0.358 e. The molecule has 0 spiro atoms. The van der Waals surface area contributed by atoms with Gasteiger partial charge >= 0.3 is 5.97 Å². The minimum Gasteiger partial charge on any atom is -0.486 e. The predicted molar refractivity (Wildman–Crippen MR) is 99.7 cm³/mol. The van der Waals surface area contributed by atoms with E-state index < -0.39 is 5.97 Å². The zero-order valence-electron chi connectivity index (χ0n) is 12.9. The Morgan fingerprint density at radius 3 is 2.80 bits per heavy atom. The van der Waals surface area contributed by atoms with Gasteiger partial charge in [-0.2, -0.15) is 0 Å². The van der Waals surface area contributed by atoms with Crippen LogP contribution in [-0.4, -0.2) is 24.2 Å². The molecule has 8 heteroatoms. The lowest BCUT2D eigenvalue weighted by Crippen LogP contribution is -2.15. The number of esters is 1. The largest absolute Gasteiger partial charge is 0.486 e. The molecule has 0 saturated heterocycles. The number of fused-ring (bicyclic) bond motifs is 1. The van der Waals surface area contributed by atoms with Crippen molar-refractivity contribution in [3.05, 3.63) is 50.8 Å². The number of nitrogens with zero attached hydrogens (tertiary/aromatic N) is 1.